The lowest BCUT2D eigenvalue weighted by molar-refractivity contribution is 0.382. The molecule has 0 radical (unpaired) electrons. The first-order chi connectivity index (χ1) is 6.20. The van der Waals surface area contributed by atoms with Crippen LogP contribution in [0.3, 0.4) is 0 Å². The molecule has 1 aromatic carbocycles. The van der Waals surface area contributed by atoms with E-state index in [2.05, 4.69) is 0 Å². The van der Waals surface area contributed by atoms with Gasteiger partial charge in [-0.25, -0.2) is 4.39 Å². The minimum Gasteiger partial charge on any atom is -0.494 e. The van der Waals surface area contributed by atoms with E-state index in [0.717, 1.165) is 0 Å². The Bertz CT molecular complexity index is 293. The number of methoxy groups -OCH3 is 1. The van der Waals surface area contributed by atoms with Crippen molar-refractivity contribution in [1.29, 1.82) is 0 Å². The van der Waals surface area contributed by atoms with Crippen LogP contribution in [0.1, 0.15) is 24.9 Å². The summed E-state index contributed by atoms with van der Waals surface area (Å²) in [5.41, 5.74) is 6.24. The van der Waals surface area contributed by atoms with E-state index >= 15 is 0 Å². The highest BCUT2D eigenvalue weighted by Gasteiger charge is 2.12. The average molecular weight is 220 g/mol. The summed E-state index contributed by atoms with van der Waals surface area (Å²) in [5, 5.41) is 0. The minimum atomic E-state index is -0.348. The molecule has 0 heterocycles. The summed E-state index contributed by atoms with van der Waals surface area (Å²) in [4.78, 5) is 0. The quantitative estimate of drug-likeness (QED) is 0.849. The lowest BCUT2D eigenvalue weighted by Gasteiger charge is -2.12. The number of hydrogen-bond donors (Lipinski definition) is 1. The van der Waals surface area contributed by atoms with Crippen LogP contribution in [0.2, 0.25) is 0 Å². The Morgan fingerprint density at radius 2 is 2.14 bits per heavy atom. The number of benzene rings is 1. The van der Waals surface area contributed by atoms with Crippen LogP contribution in [-0.4, -0.2) is 7.11 Å². The molecule has 0 amide bonds. The van der Waals surface area contributed by atoms with E-state index in [1.165, 1.54) is 7.11 Å². The third kappa shape index (κ3) is 2.59. The summed E-state index contributed by atoms with van der Waals surface area (Å²) < 4.78 is 18.4. The molecule has 4 heteroatoms. The van der Waals surface area contributed by atoms with Crippen LogP contribution in [0.15, 0.2) is 18.2 Å². The first kappa shape index (κ1) is 13.2. The second-order valence-corrected chi connectivity index (χ2v) is 2.88. The molecule has 2 N–H and O–H groups in total. The van der Waals surface area contributed by atoms with Gasteiger partial charge in [-0.2, -0.15) is 0 Å². The van der Waals surface area contributed by atoms with Crippen LogP contribution in [0, 0.1) is 5.82 Å². The van der Waals surface area contributed by atoms with Gasteiger partial charge in [-0.15, -0.1) is 12.4 Å². The third-order valence-electron chi connectivity index (χ3n) is 2.05. The average Bonchev–Trinajstić information content (AvgIpc) is 2.17. The minimum absolute atomic E-state index is 0. The molecule has 0 aromatic heterocycles. The second-order valence-electron chi connectivity index (χ2n) is 2.88. The Morgan fingerprint density at radius 3 is 2.64 bits per heavy atom. The van der Waals surface area contributed by atoms with Gasteiger partial charge in [0.25, 0.3) is 0 Å². The summed E-state index contributed by atoms with van der Waals surface area (Å²) in [6.07, 6.45) is 0.712. The van der Waals surface area contributed by atoms with Gasteiger partial charge in [-0.3, -0.25) is 0 Å². The van der Waals surface area contributed by atoms with Gasteiger partial charge in [0.1, 0.15) is 0 Å². The number of halogens is 2. The molecule has 0 aliphatic rings. The zero-order chi connectivity index (χ0) is 9.84. The molecule has 0 saturated carbocycles. The Kier molecular flexibility index (Phi) is 5.50. The summed E-state index contributed by atoms with van der Waals surface area (Å²) in [6.45, 7) is 1.92. The van der Waals surface area contributed by atoms with Crippen molar-refractivity contribution in [3.05, 3.63) is 29.6 Å². The first-order valence-electron chi connectivity index (χ1n) is 4.28. The highest BCUT2D eigenvalue weighted by molar-refractivity contribution is 5.85. The Balaban J connectivity index is 0.00000169. The van der Waals surface area contributed by atoms with Crippen molar-refractivity contribution in [2.24, 2.45) is 5.73 Å². The molecule has 1 aromatic rings. The topological polar surface area (TPSA) is 35.2 Å². The van der Waals surface area contributed by atoms with Gasteiger partial charge in [0.2, 0.25) is 0 Å². The van der Waals surface area contributed by atoms with Crippen molar-refractivity contribution in [1.82, 2.24) is 0 Å². The summed E-state index contributed by atoms with van der Waals surface area (Å²) >= 11 is 0. The molecule has 0 saturated heterocycles. The lowest BCUT2D eigenvalue weighted by Crippen LogP contribution is -2.11. The molecule has 0 spiro atoms. The van der Waals surface area contributed by atoms with Crippen LogP contribution < -0.4 is 10.5 Å². The van der Waals surface area contributed by atoms with Gasteiger partial charge in [-0.1, -0.05) is 19.1 Å². The third-order valence-corrected chi connectivity index (χ3v) is 2.05. The highest BCUT2D eigenvalue weighted by atomic mass is 35.5. The Morgan fingerprint density at radius 1 is 1.50 bits per heavy atom. The standard InChI is InChI=1S/C10H14FNO.ClH/c1-3-8(12)7-5-4-6-9(13-2)10(7)11;/h4-6,8H,3,12H2,1-2H3;1H. The van der Waals surface area contributed by atoms with E-state index < -0.39 is 0 Å². The van der Waals surface area contributed by atoms with E-state index in [0.29, 0.717) is 12.0 Å². The smallest absolute Gasteiger partial charge is 0.169 e. The van der Waals surface area contributed by atoms with Crippen molar-refractivity contribution in [2.45, 2.75) is 19.4 Å². The van der Waals surface area contributed by atoms with Crippen molar-refractivity contribution in [3.63, 3.8) is 0 Å². The van der Waals surface area contributed by atoms with Gasteiger partial charge < -0.3 is 10.5 Å². The summed E-state index contributed by atoms with van der Waals surface area (Å²) in [6, 6.07) is 4.76. The number of ether oxygens (including phenoxy) is 1. The maximum absolute atomic E-state index is 13.5. The van der Waals surface area contributed by atoms with Gasteiger partial charge >= 0.3 is 0 Å². The van der Waals surface area contributed by atoms with Gasteiger partial charge in [0.15, 0.2) is 11.6 Å². The number of hydrogen-bond acceptors (Lipinski definition) is 2. The molecule has 2 nitrogen and oxygen atoms in total. The van der Waals surface area contributed by atoms with Crippen LogP contribution in [-0.2, 0) is 0 Å². The predicted molar refractivity (Wildman–Crippen MR) is 57.4 cm³/mol. The molecule has 1 rings (SSSR count). The molecular weight excluding hydrogens is 205 g/mol. The maximum Gasteiger partial charge on any atom is 0.169 e. The van der Waals surface area contributed by atoms with E-state index in [4.69, 9.17) is 10.5 Å². The highest BCUT2D eigenvalue weighted by Crippen LogP contribution is 2.24. The van der Waals surface area contributed by atoms with Crippen molar-refractivity contribution in [2.75, 3.05) is 7.11 Å². The van der Waals surface area contributed by atoms with Gasteiger partial charge in [0, 0.05) is 11.6 Å². The molecule has 14 heavy (non-hydrogen) atoms. The second kappa shape index (κ2) is 5.83. The maximum atomic E-state index is 13.5. The van der Waals surface area contributed by atoms with E-state index in [9.17, 15) is 4.39 Å². The molecule has 0 aliphatic heterocycles. The molecule has 0 aliphatic carbocycles. The number of nitrogens with two attached hydrogens (primary N) is 1. The molecule has 0 fully saturated rings. The fourth-order valence-electron chi connectivity index (χ4n) is 1.19. The lowest BCUT2D eigenvalue weighted by atomic mass is 10.0. The number of rotatable bonds is 3. The van der Waals surface area contributed by atoms with Gasteiger partial charge in [-0.05, 0) is 12.5 Å². The molecule has 0 bridgehead atoms. The summed E-state index contributed by atoms with van der Waals surface area (Å²) in [7, 11) is 1.44. The molecule has 1 atom stereocenters. The first-order valence-corrected chi connectivity index (χ1v) is 4.28. The van der Waals surface area contributed by atoms with Gasteiger partial charge in [0.05, 0.1) is 7.11 Å². The zero-order valence-corrected chi connectivity index (χ0v) is 9.10. The zero-order valence-electron chi connectivity index (χ0n) is 8.29. The molecule has 1 unspecified atom stereocenters. The normalized spacial score (nSPS) is 11.7. The Labute approximate surface area is 89.7 Å². The van der Waals surface area contributed by atoms with Crippen molar-refractivity contribution in [3.8, 4) is 5.75 Å². The SMILES string of the molecule is CCC(N)c1cccc(OC)c1F.Cl. The summed E-state index contributed by atoms with van der Waals surface area (Å²) in [5.74, 6) is -0.0965. The largest absolute Gasteiger partial charge is 0.494 e. The van der Waals surface area contributed by atoms with Crippen LogP contribution in [0.5, 0.6) is 5.75 Å². The van der Waals surface area contributed by atoms with Crippen molar-refractivity contribution >= 4 is 12.4 Å². The van der Waals surface area contributed by atoms with Crippen LogP contribution in [0.4, 0.5) is 4.39 Å². The Hall–Kier alpha value is -0.800. The van der Waals surface area contributed by atoms with E-state index in [1.54, 1.807) is 18.2 Å². The van der Waals surface area contributed by atoms with E-state index in [-0.39, 0.29) is 30.0 Å². The van der Waals surface area contributed by atoms with Crippen LogP contribution in [0.25, 0.3) is 0 Å². The fourth-order valence-corrected chi connectivity index (χ4v) is 1.19. The monoisotopic (exact) mass is 219 g/mol. The van der Waals surface area contributed by atoms with Crippen molar-refractivity contribution < 1.29 is 9.13 Å². The fraction of sp³-hybridized carbons (Fsp3) is 0.400. The predicted octanol–water partition coefficient (Wildman–Crippen LogP) is 2.67. The molecular formula is C10H15ClFNO. The van der Waals surface area contributed by atoms with Crippen LogP contribution >= 0.6 is 12.4 Å². The molecule has 80 valence electrons. The van der Waals surface area contributed by atoms with E-state index in [1.807, 2.05) is 6.92 Å².